The zero-order valence-electron chi connectivity index (χ0n) is 18.8. The fourth-order valence-corrected chi connectivity index (χ4v) is 4.02. The van der Waals surface area contributed by atoms with Gasteiger partial charge in [-0.15, -0.1) is 24.0 Å². The average molecular weight is 569 g/mol. The molecular weight excluding hydrogens is 531 g/mol. The molecule has 1 aliphatic rings. The minimum absolute atomic E-state index is 0. The molecule has 0 aromatic heterocycles. The first-order valence-corrected chi connectivity index (χ1v) is 12.3. The van der Waals surface area contributed by atoms with Crippen LogP contribution in [0.2, 0.25) is 0 Å². The van der Waals surface area contributed by atoms with Crippen LogP contribution in [0.4, 0.5) is 0 Å². The molecule has 3 N–H and O–H groups in total. The van der Waals surface area contributed by atoms with Crippen molar-refractivity contribution in [2.45, 2.75) is 39.7 Å². The molecule has 1 saturated carbocycles. The van der Waals surface area contributed by atoms with Gasteiger partial charge in [0.1, 0.15) is 12.4 Å². The molecule has 0 aliphatic heterocycles. The largest absolute Gasteiger partial charge is 0.491 e. The summed E-state index contributed by atoms with van der Waals surface area (Å²) in [4.78, 5) is 4.17. The van der Waals surface area contributed by atoms with E-state index >= 15 is 0 Å². The molecule has 0 saturated heterocycles. The highest BCUT2D eigenvalue weighted by Gasteiger charge is 2.20. The van der Waals surface area contributed by atoms with Gasteiger partial charge in [0, 0.05) is 38.9 Å². The molecule has 0 heterocycles. The van der Waals surface area contributed by atoms with Gasteiger partial charge in [-0.2, -0.15) is 0 Å². The highest BCUT2D eigenvalue weighted by atomic mass is 127. The van der Waals surface area contributed by atoms with Crippen molar-refractivity contribution in [3.05, 3.63) is 29.3 Å². The number of rotatable bonds is 13. The third-order valence-electron chi connectivity index (χ3n) is 5.06. The van der Waals surface area contributed by atoms with Crippen molar-refractivity contribution in [2.24, 2.45) is 10.9 Å². The van der Waals surface area contributed by atoms with Crippen molar-refractivity contribution < 1.29 is 17.9 Å². The van der Waals surface area contributed by atoms with E-state index in [9.17, 15) is 8.42 Å². The third-order valence-corrected chi connectivity index (χ3v) is 6.41. The highest BCUT2D eigenvalue weighted by molar-refractivity contribution is 14.0. The fourth-order valence-electron chi connectivity index (χ4n) is 3.01. The van der Waals surface area contributed by atoms with Gasteiger partial charge >= 0.3 is 0 Å². The van der Waals surface area contributed by atoms with Gasteiger partial charge in [0.15, 0.2) is 5.96 Å². The predicted molar refractivity (Wildman–Crippen MR) is 136 cm³/mol. The molecule has 178 valence electrons. The summed E-state index contributed by atoms with van der Waals surface area (Å²) >= 11 is 0. The number of guanidine groups is 1. The minimum Gasteiger partial charge on any atom is -0.491 e. The Morgan fingerprint density at radius 2 is 2.00 bits per heavy atom. The Hall–Kier alpha value is -1.11. The van der Waals surface area contributed by atoms with Crippen molar-refractivity contribution in [1.82, 2.24) is 15.4 Å². The molecule has 0 amide bonds. The van der Waals surface area contributed by atoms with Gasteiger partial charge in [-0.05, 0) is 44.2 Å². The summed E-state index contributed by atoms with van der Waals surface area (Å²) < 4.78 is 38.1. The lowest BCUT2D eigenvalue weighted by atomic mass is 9.86. The molecule has 31 heavy (non-hydrogen) atoms. The number of sulfonamides is 1. The maximum atomic E-state index is 12.1. The van der Waals surface area contributed by atoms with Crippen LogP contribution >= 0.6 is 24.0 Å². The van der Waals surface area contributed by atoms with E-state index in [4.69, 9.17) is 9.47 Å². The second-order valence-corrected chi connectivity index (χ2v) is 9.40. The van der Waals surface area contributed by atoms with Crippen LogP contribution in [-0.4, -0.2) is 60.1 Å². The first-order valence-electron chi connectivity index (χ1n) is 10.7. The van der Waals surface area contributed by atoms with Crippen molar-refractivity contribution in [3.63, 3.8) is 0 Å². The minimum atomic E-state index is -3.28. The Morgan fingerprint density at radius 1 is 1.23 bits per heavy atom. The van der Waals surface area contributed by atoms with Gasteiger partial charge in [0.2, 0.25) is 10.0 Å². The van der Waals surface area contributed by atoms with Gasteiger partial charge in [0.05, 0.1) is 12.4 Å². The number of nitrogens with zero attached hydrogens (tertiary/aromatic N) is 1. The summed E-state index contributed by atoms with van der Waals surface area (Å²) in [5, 5.41) is 6.28. The number of ether oxygens (including phenoxy) is 2. The van der Waals surface area contributed by atoms with Gasteiger partial charge < -0.3 is 20.1 Å². The van der Waals surface area contributed by atoms with Crippen LogP contribution in [0.5, 0.6) is 5.75 Å². The van der Waals surface area contributed by atoms with Crippen LogP contribution in [0.25, 0.3) is 0 Å². The Bertz CT molecular complexity index is 786. The van der Waals surface area contributed by atoms with E-state index in [1.165, 1.54) is 6.42 Å². The second kappa shape index (κ2) is 14.9. The normalized spacial score (nSPS) is 14.5. The number of aryl methyl sites for hydroxylation is 1. The third kappa shape index (κ3) is 10.8. The summed E-state index contributed by atoms with van der Waals surface area (Å²) in [5.41, 5.74) is 2.11. The average Bonchev–Trinajstić information content (AvgIpc) is 2.67. The summed E-state index contributed by atoms with van der Waals surface area (Å²) in [6.07, 6.45) is 3.44. The summed E-state index contributed by atoms with van der Waals surface area (Å²) in [6, 6.07) is 6.04. The molecule has 1 fully saturated rings. The van der Waals surface area contributed by atoms with Gasteiger partial charge in [-0.25, -0.2) is 13.1 Å². The van der Waals surface area contributed by atoms with Crippen LogP contribution in [0, 0.1) is 12.8 Å². The Balaban J connectivity index is 0.00000480. The highest BCUT2D eigenvalue weighted by Crippen LogP contribution is 2.25. The van der Waals surface area contributed by atoms with Crippen molar-refractivity contribution in [1.29, 1.82) is 0 Å². The first-order chi connectivity index (χ1) is 14.4. The maximum Gasteiger partial charge on any atom is 0.213 e. The van der Waals surface area contributed by atoms with E-state index in [0.717, 1.165) is 29.7 Å². The van der Waals surface area contributed by atoms with Gasteiger partial charge in [0.25, 0.3) is 0 Å². The molecule has 0 radical (unpaired) electrons. The number of hydrogen-bond acceptors (Lipinski definition) is 5. The van der Waals surface area contributed by atoms with Crippen LogP contribution in [0.15, 0.2) is 23.2 Å². The zero-order valence-corrected chi connectivity index (χ0v) is 21.9. The summed E-state index contributed by atoms with van der Waals surface area (Å²) in [5.74, 6) is 1.86. The summed E-state index contributed by atoms with van der Waals surface area (Å²) in [7, 11) is -1.62. The lowest BCUT2D eigenvalue weighted by Crippen LogP contribution is -2.41. The van der Waals surface area contributed by atoms with Gasteiger partial charge in [-0.3, -0.25) is 4.99 Å². The molecule has 1 aromatic rings. The maximum absolute atomic E-state index is 12.1. The molecule has 0 atom stereocenters. The predicted octanol–water partition coefficient (Wildman–Crippen LogP) is 2.41. The van der Waals surface area contributed by atoms with E-state index in [0.29, 0.717) is 44.8 Å². The van der Waals surface area contributed by atoms with E-state index in [2.05, 4.69) is 20.3 Å². The molecule has 0 spiro atoms. The van der Waals surface area contributed by atoms with Crippen molar-refractivity contribution >= 4 is 40.0 Å². The fraction of sp³-hybridized carbons (Fsp3) is 0.667. The standard InChI is InChI=1S/C21H36N4O4S.HI/c1-4-28-11-12-29-20-14-17(2)8-9-19(20)16-24-21(22-3)23-10-13-30(26,27)25-15-18-6-5-7-18;/h8-9,14,18,25H,4-7,10-13,15-16H2,1-3H3,(H2,22,23,24);1H. The van der Waals surface area contributed by atoms with E-state index < -0.39 is 10.0 Å². The molecule has 10 heteroatoms. The van der Waals surface area contributed by atoms with Crippen LogP contribution in [0.1, 0.15) is 37.3 Å². The quantitative estimate of drug-likeness (QED) is 0.146. The molecular formula is C21H37IN4O4S. The molecule has 0 unspecified atom stereocenters. The Kier molecular flexibility index (Phi) is 13.4. The topological polar surface area (TPSA) is 101 Å². The second-order valence-electron chi connectivity index (χ2n) is 7.47. The zero-order chi connectivity index (χ0) is 21.8. The molecule has 1 aliphatic carbocycles. The number of hydrogen-bond donors (Lipinski definition) is 3. The molecule has 8 nitrogen and oxygen atoms in total. The van der Waals surface area contributed by atoms with Crippen LogP contribution < -0.4 is 20.1 Å². The number of aliphatic imine (C=N–C) groups is 1. The smallest absolute Gasteiger partial charge is 0.213 e. The van der Waals surface area contributed by atoms with Crippen LogP contribution in [0.3, 0.4) is 0 Å². The van der Waals surface area contributed by atoms with E-state index in [1.54, 1.807) is 7.05 Å². The van der Waals surface area contributed by atoms with E-state index in [-0.39, 0.29) is 36.3 Å². The molecule has 0 bridgehead atoms. The number of nitrogens with one attached hydrogen (secondary N) is 3. The van der Waals surface area contributed by atoms with Gasteiger partial charge in [-0.1, -0.05) is 18.6 Å². The first kappa shape index (κ1) is 27.9. The van der Waals surface area contributed by atoms with Crippen molar-refractivity contribution in [2.75, 3.05) is 45.7 Å². The SMILES string of the molecule is CCOCCOc1cc(C)ccc1CNC(=NC)NCCS(=O)(=O)NCC1CCC1.I. The monoisotopic (exact) mass is 568 g/mol. The lowest BCUT2D eigenvalue weighted by molar-refractivity contribution is 0.110. The van der Waals surface area contributed by atoms with Crippen molar-refractivity contribution in [3.8, 4) is 5.75 Å². The Morgan fingerprint density at radius 3 is 2.65 bits per heavy atom. The molecule has 2 rings (SSSR count). The molecule has 1 aromatic carbocycles. The number of halogens is 1. The summed E-state index contributed by atoms with van der Waals surface area (Å²) in [6.45, 7) is 7.02. The van der Waals surface area contributed by atoms with E-state index in [1.807, 2.05) is 32.0 Å². The number of benzene rings is 1. The Labute approximate surface area is 204 Å². The van der Waals surface area contributed by atoms with Crippen LogP contribution in [-0.2, 0) is 21.3 Å². The lowest BCUT2D eigenvalue weighted by Gasteiger charge is -2.25.